The van der Waals surface area contributed by atoms with Gasteiger partial charge in [-0.25, -0.2) is 13.1 Å². The number of carbonyl (C=O) groups excluding carboxylic acids is 1. The minimum atomic E-state index is -3.62. The number of Topliss-reactive ketones (excluding diaryl/α,β-unsaturated/α-hetero) is 1. The molecule has 8 heteroatoms. The van der Waals surface area contributed by atoms with Gasteiger partial charge in [-0.1, -0.05) is 13.8 Å². The number of carbonyl (C=O) groups is 1. The summed E-state index contributed by atoms with van der Waals surface area (Å²) in [6, 6.07) is 3.62. The molecular formula is C21H32N2O5S. The molecule has 0 amide bonds. The molecule has 3 unspecified atom stereocenters. The molecule has 0 spiro atoms. The molecule has 3 fully saturated rings. The van der Waals surface area contributed by atoms with Gasteiger partial charge in [-0.15, -0.1) is 0 Å². The highest BCUT2D eigenvalue weighted by Gasteiger charge is 2.65. The third-order valence-electron chi connectivity index (χ3n) is 7.65. The van der Waals surface area contributed by atoms with Crippen LogP contribution in [0, 0.1) is 23.7 Å². The van der Waals surface area contributed by atoms with Crippen LogP contribution in [0.2, 0.25) is 0 Å². The first-order chi connectivity index (χ1) is 13.6. The number of sulfonamides is 1. The molecule has 1 aliphatic heterocycles. The van der Waals surface area contributed by atoms with Crippen molar-refractivity contribution in [3.05, 3.63) is 23.7 Å². The highest BCUT2D eigenvalue weighted by molar-refractivity contribution is 7.89. The highest BCUT2D eigenvalue weighted by atomic mass is 32.2. The van der Waals surface area contributed by atoms with Crippen LogP contribution in [0.4, 0.5) is 0 Å². The molecule has 1 saturated heterocycles. The Morgan fingerprint density at radius 3 is 2.55 bits per heavy atom. The lowest BCUT2D eigenvalue weighted by molar-refractivity contribution is -0.128. The number of aryl methyl sites for hydroxylation is 1. The zero-order valence-corrected chi connectivity index (χ0v) is 18.4. The van der Waals surface area contributed by atoms with Gasteiger partial charge in [-0.2, -0.15) is 0 Å². The molecule has 2 bridgehead atoms. The van der Waals surface area contributed by atoms with Gasteiger partial charge in [0.15, 0.2) is 0 Å². The van der Waals surface area contributed by atoms with E-state index in [9.17, 15) is 13.2 Å². The summed E-state index contributed by atoms with van der Waals surface area (Å²) >= 11 is 0. The van der Waals surface area contributed by atoms with Crippen molar-refractivity contribution in [1.29, 1.82) is 0 Å². The van der Waals surface area contributed by atoms with E-state index in [-0.39, 0.29) is 29.5 Å². The van der Waals surface area contributed by atoms with Gasteiger partial charge in [0.1, 0.15) is 17.3 Å². The number of hydrogen-bond acceptors (Lipinski definition) is 6. The van der Waals surface area contributed by atoms with E-state index in [1.54, 1.807) is 0 Å². The molecule has 162 valence electrons. The monoisotopic (exact) mass is 424 g/mol. The summed E-state index contributed by atoms with van der Waals surface area (Å²) in [4.78, 5) is 14.9. The molecule has 0 radical (unpaired) electrons. The fraction of sp³-hybridized carbons (Fsp3) is 0.762. The molecule has 1 aromatic rings. The molecular weight excluding hydrogens is 392 g/mol. The standard InChI is InChI=1S/C21H32N2O5S/c1-15-4-5-18(28-15)17(23-8-10-27-11-9-23)13-22-29(25,26)14-21-7-6-16(12-19(21)24)20(21,2)3/h4-5,16-17,22H,6-14H2,1-3H3. The van der Waals surface area contributed by atoms with Crippen molar-refractivity contribution in [2.45, 2.75) is 46.1 Å². The summed E-state index contributed by atoms with van der Waals surface area (Å²) in [5.41, 5.74) is -1.01. The third-order valence-corrected chi connectivity index (χ3v) is 9.13. The minimum Gasteiger partial charge on any atom is -0.465 e. The van der Waals surface area contributed by atoms with Gasteiger partial charge in [-0.3, -0.25) is 9.69 Å². The van der Waals surface area contributed by atoms with Crippen LogP contribution in [0.15, 0.2) is 16.5 Å². The summed E-state index contributed by atoms with van der Waals surface area (Å²) in [6.45, 7) is 8.93. The molecule has 3 atom stereocenters. The van der Waals surface area contributed by atoms with Crippen LogP contribution < -0.4 is 4.72 Å². The molecule has 7 nitrogen and oxygen atoms in total. The van der Waals surface area contributed by atoms with Crippen LogP contribution in [0.5, 0.6) is 0 Å². The second-order valence-electron chi connectivity index (χ2n) is 9.39. The summed E-state index contributed by atoms with van der Waals surface area (Å²) in [5.74, 6) is 1.86. The Kier molecular flexibility index (Phi) is 5.42. The van der Waals surface area contributed by atoms with E-state index >= 15 is 0 Å². The van der Waals surface area contributed by atoms with Crippen LogP contribution in [0.1, 0.15) is 50.7 Å². The number of hydrogen-bond donors (Lipinski definition) is 1. The Morgan fingerprint density at radius 2 is 2.00 bits per heavy atom. The van der Waals surface area contributed by atoms with Crippen molar-refractivity contribution in [3.8, 4) is 0 Å². The Balaban J connectivity index is 1.50. The van der Waals surface area contributed by atoms with E-state index in [1.165, 1.54) is 0 Å². The van der Waals surface area contributed by atoms with Crippen molar-refractivity contribution in [2.24, 2.45) is 16.7 Å². The fourth-order valence-electron chi connectivity index (χ4n) is 5.62. The zero-order chi connectivity index (χ0) is 20.9. The smallest absolute Gasteiger partial charge is 0.212 e. The van der Waals surface area contributed by atoms with E-state index in [4.69, 9.17) is 9.15 Å². The van der Waals surface area contributed by atoms with Gasteiger partial charge in [0.05, 0.1) is 25.0 Å². The van der Waals surface area contributed by atoms with Crippen molar-refractivity contribution in [2.75, 3.05) is 38.6 Å². The Hall–Kier alpha value is -1.22. The maximum Gasteiger partial charge on any atom is 0.212 e. The lowest BCUT2D eigenvalue weighted by Gasteiger charge is -2.37. The zero-order valence-electron chi connectivity index (χ0n) is 17.6. The maximum atomic E-state index is 13.1. The van der Waals surface area contributed by atoms with Crippen LogP contribution in [0.25, 0.3) is 0 Å². The Morgan fingerprint density at radius 1 is 1.28 bits per heavy atom. The molecule has 0 aromatic carbocycles. The SMILES string of the molecule is Cc1ccc(C(CNS(=O)(=O)CC23CCC(CC2=O)C3(C)C)N2CCOCC2)o1. The molecule has 1 aromatic heterocycles. The summed E-state index contributed by atoms with van der Waals surface area (Å²) in [7, 11) is -3.62. The number of ether oxygens (including phenoxy) is 1. The molecule has 4 rings (SSSR count). The second-order valence-corrected chi connectivity index (χ2v) is 11.2. The lowest BCUT2D eigenvalue weighted by atomic mass is 9.70. The van der Waals surface area contributed by atoms with E-state index in [1.807, 2.05) is 19.1 Å². The average molecular weight is 425 g/mol. The number of nitrogens with zero attached hydrogens (tertiary/aromatic N) is 1. The van der Waals surface area contributed by atoms with E-state index in [2.05, 4.69) is 23.5 Å². The normalized spacial score (nSPS) is 30.7. The number of nitrogens with one attached hydrogen (secondary N) is 1. The summed E-state index contributed by atoms with van der Waals surface area (Å²) in [5, 5.41) is 0. The first kappa shape index (κ1) is 21.0. The van der Waals surface area contributed by atoms with Crippen molar-refractivity contribution < 1.29 is 22.4 Å². The molecule has 2 aliphatic carbocycles. The van der Waals surface area contributed by atoms with Gasteiger partial charge >= 0.3 is 0 Å². The van der Waals surface area contributed by atoms with Gasteiger partial charge in [0.2, 0.25) is 10.0 Å². The van der Waals surface area contributed by atoms with Gasteiger partial charge in [0.25, 0.3) is 0 Å². The van der Waals surface area contributed by atoms with Crippen molar-refractivity contribution >= 4 is 15.8 Å². The van der Waals surface area contributed by atoms with E-state index in [0.717, 1.165) is 31.0 Å². The first-order valence-corrected chi connectivity index (χ1v) is 12.2. The molecule has 2 saturated carbocycles. The van der Waals surface area contributed by atoms with E-state index in [0.29, 0.717) is 32.0 Å². The molecule has 2 heterocycles. The van der Waals surface area contributed by atoms with Crippen molar-refractivity contribution in [1.82, 2.24) is 9.62 Å². The van der Waals surface area contributed by atoms with Gasteiger partial charge in [-0.05, 0) is 43.2 Å². The first-order valence-electron chi connectivity index (χ1n) is 10.5. The quantitative estimate of drug-likeness (QED) is 0.722. The predicted octanol–water partition coefficient (Wildman–Crippen LogP) is 2.28. The summed E-state index contributed by atoms with van der Waals surface area (Å²) < 4.78 is 40.3. The fourth-order valence-corrected chi connectivity index (χ4v) is 7.46. The number of ketones is 1. The van der Waals surface area contributed by atoms with Gasteiger partial charge in [0, 0.05) is 31.5 Å². The van der Waals surface area contributed by atoms with Crippen LogP contribution in [0.3, 0.4) is 0 Å². The second kappa shape index (κ2) is 7.48. The summed E-state index contributed by atoms with van der Waals surface area (Å²) in [6.07, 6.45) is 2.13. The number of furan rings is 1. The number of rotatable bonds is 7. The van der Waals surface area contributed by atoms with Crippen LogP contribution in [-0.2, 0) is 19.6 Å². The molecule has 3 aliphatic rings. The predicted molar refractivity (Wildman–Crippen MR) is 109 cm³/mol. The Labute approximate surface area is 173 Å². The number of morpholine rings is 1. The molecule has 29 heavy (non-hydrogen) atoms. The number of fused-ring (bicyclic) bond motifs is 2. The highest BCUT2D eigenvalue weighted by Crippen LogP contribution is 2.64. The van der Waals surface area contributed by atoms with Crippen LogP contribution >= 0.6 is 0 Å². The lowest BCUT2D eigenvalue weighted by Crippen LogP contribution is -2.48. The van der Waals surface area contributed by atoms with Crippen molar-refractivity contribution in [3.63, 3.8) is 0 Å². The minimum absolute atomic E-state index is 0.116. The topological polar surface area (TPSA) is 88.9 Å². The van der Waals surface area contributed by atoms with E-state index < -0.39 is 15.4 Å². The Bertz CT molecular complexity index is 871. The van der Waals surface area contributed by atoms with Gasteiger partial charge < -0.3 is 9.15 Å². The largest absolute Gasteiger partial charge is 0.465 e. The van der Waals surface area contributed by atoms with Crippen LogP contribution in [-0.4, -0.2) is 57.7 Å². The third kappa shape index (κ3) is 3.69. The maximum absolute atomic E-state index is 13.1. The molecule has 1 N–H and O–H groups in total. The average Bonchev–Trinajstić information content (AvgIpc) is 3.24.